The van der Waals surface area contributed by atoms with Crippen molar-refractivity contribution in [1.82, 2.24) is 4.90 Å². The van der Waals surface area contributed by atoms with E-state index in [1.54, 1.807) is 0 Å². The topological polar surface area (TPSA) is 12.5 Å². The SMILES string of the molecule is CN(C)CCCO[C@@H]1C[C@H]2CC[C@]1(C)C2(C)C. The summed E-state index contributed by atoms with van der Waals surface area (Å²) in [4.78, 5) is 2.23. The molecule has 2 rings (SSSR count). The molecule has 0 aromatic carbocycles. The lowest BCUT2D eigenvalue weighted by Crippen LogP contribution is -2.37. The summed E-state index contributed by atoms with van der Waals surface area (Å²) in [6.07, 6.45) is 5.75. The van der Waals surface area contributed by atoms with Gasteiger partial charge in [-0.1, -0.05) is 20.8 Å². The molecule has 17 heavy (non-hydrogen) atoms. The van der Waals surface area contributed by atoms with Gasteiger partial charge >= 0.3 is 0 Å². The van der Waals surface area contributed by atoms with Crippen LogP contribution in [0.4, 0.5) is 0 Å². The van der Waals surface area contributed by atoms with Crippen LogP contribution in [0.15, 0.2) is 0 Å². The Balaban J connectivity index is 1.84. The van der Waals surface area contributed by atoms with Crippen LogP contribution in [0, 0.1) is 16.7 Å². The second-order valence-electron chi connectivity index (χ2n) is 7.13. The van der Waals surface area contributed by atoms with E-state index in [4.69, 9.17) is 4.74 Å². The van der Waals surface area contributed by atoms with Gasteiger partial charge in [0.05, 0.1) is 6.10 Å². The molecule has 0 aromatic heterocycles. The van der Waals surface area contributed by atoms with E-state index in [0.717, 1.165) is 25.5 Å². The Kier molecular flexibility index (Phi) is 3.57. The van der Waals surface area contributed by atoms with Crippen LogP contribution in [-0.4, -0.2) is 38.3 Å². The molecule has 0 spiro atoms. The lowest BCUT2D eigenvalue weighted by Gasteiger charge is -2.39. The van der Waals surface area contributed by atoms with Crippen LogP contribution in [0.3, 0.4) is 0 Å². The lowest BCUT2D eigenvalue weighted by molar-refractivity contribution is -0.0480. The molecule has 2 fully saturated rings. The van der Waals surface area contributed by atoms with Gasteiger partial charge in [0.15, 0.2) is 0 Å². The highest BCUT2D eigenvalue weighted by Crippen LogP contribution is 2.66. The maximum absolute atomic E-state index is 6.20. The van der Waals surface area contributed by atoms with Crippen molar-refractivity contribution in [3.63, 3.8) is 0 Å². The number of nitrogens with zero attached hydrogens (tertiary/aromatic N) is 1. The van der Waals surface area contributed by atoms with E-state index in [0.29, 0.717) is 16.9 Å². The monoisotopic (exact) mass is 239 g/mol. The average Bonchev–Trinajstić information content (AvgIpc) is 2.56. The highest BCUT2D eigenvalue weighted by Gasteiger charge is 2.61. The summed E-state index contributed by atoms with van der Waals surface area (Å²) >= 11 is 0. The highest BCUT2D eigenvalue weighted by molar-refractivity contribution is 5.11. The first-order chi connectivity index (χ1) is 7.88. The van der Waals surface area contributed by atoms with Gasteiger partial charge in [-0.15, -0.1) is 0 Å². The summed E-state index contributed by atoms with van der Waals surface area (Å²) in [5.41, 5.74) is 0.912. The Morgan fingerprint density at radius 3 is 2.41 bits per heavy atom. The zero-order chi connectivity index (χ0) is 12.7. The van der Waals surface area contributed by atoms with E-state index in [2.05, 4.69) is 39.8 Å². The molecule has 0 unspecified atom stereocenters. The molecular weight excluding hydrogens is 210 g/mol. The largest absolute Gasteiger partial charge is 0.378 e. The smallest absolute Gasteiger partial charge is 0.0636 e. The molecule has 0 aromatic rings. The Morgan fingerprint density at radius 2 is 1.94 bits per heavy atom. The van der Waals surface area contributed by atoms with Crippen LogP contribution >= 0.6 is 0 Å². The summed E-state index contributed by atoms with van der Waals surface area (Å²) in [6.45, 7) is 9.43. The van der Waals surface area contributed by atoms with Crippen LogP contribution < -0.4 is 0 Å². The van der Waals surface area contributed by atoms with Crippen LogP contribution in [0.25, 0.3) is 0 Å². The fourth-order valence-corrected chi connectivity index (χ4v) is 3.99. The van der Waals surface area contributed by atoms with Gasteiger partial charge < -0.3 is 9.64 Å². The number of fused-ring (bicyclic) bond motifs is 2. The van der Waals surface area contributed by atoms with Crippen molar-refractivity contribution in [3.8, 4) is 0 Å². The Morgan fingerprint density at radius 1 is 1.24 bits per heavy atom. The Hall–Kier alpha value is -0.0800. The standard InChI is InChI=1S/C15H29NO/c1-14(2)12-7-8-15(14,3)13(11-12)17-10-6-9-16(4)5/h12-13H,6-11H2,1-5H3/t12-,13-,15+/m1/s1. The van der Waals surface area contributed by atoms with Gasteiger partial charge in [-0.3, -0.25) is 0 Å². The summed E-state index contributed by atoms with van der Waals surface area (Å²) in [5, 5.41) is 0. The molecule has 0 N–H and O–H groups in total. The van der Waals surface area contributed by atoms with Crippen LogP contribution in [0.1, 0.15) is 46.5 Å². The zero-order valence-electron chi connectivity index (χ0n) is 12.3. The van der Waals surface area contributed by atoms with E-state index in [1.807, 2.05) is 0 Å². The first kappa shape index (κ1) is 13.4. The first-order valence-corrected chi connectivity index (χ1v) is 7.14. The normalized spacial score (nSPS) is 39.2. The highest BCUT2D eigenvalue weighted by atomic mass is 16.5. The lowest BCUT2D eigenvalue weighted by atomic mass is 9.70. The molecule has 2 heteroatoms. The van der Waals surface area contributed by atoms with Gasteiger partial charge in [-0.05, 0) is 63.1 Å². The van der Waals surface area contributed by atoms with Crippen molar-refractivity contribution in [2.75, 3.05) is 27.2 Å². The molecule has 0 aliphatic heterocycles. The van der Waals surface area contributed by atoms with E-state index in [9.17, 15) is 0 Å². The third-order valence-corrected chi connectivity index (χ3v) is 5.78. The molecule has 2 bridgehead atoms. The quantitative estimate of drug-likeness (QED) is 0.683. The predicted molar refractivity (Wildman–Crippen MR) is 72.1 cm³/mol. The molecule has 2 saturated carbocycles. The maximum Gasteiger partial charge on any atom is 0.0636 e. The van der Waals surface area contributed by atoms with Gasteiger partial charge in [-0.25, -0.2) is 0 Å². The average molecular weight is 239 g/mol. The minimum atomic E-state index is 0.426. The van der Waals surface area contributed by atoms with E-state index in [1.165, 1.54) is 19.3 Å². The van der Waals surface area contributed by atoms with Crippen LogP contribution in [0.5, 0.6) is 0 Å². The molecular formula is C15H29NO. The maximum atomic E-state index is 6.20. The number of rotatable bonds is 5. The minimum absolute atomic E-state index is 0.426. The fourth-order valence-electron chi connectivity index (χ4n) is 3.99. The van der Waals surface area contributed by atoms with E-state index in [-0.39, 0.29) is 0 Å². The third kappa shape index (κ3) is 2.15. The number of ether oxygens (including phenoxy) is 1. The minimum Gasteiger partial charge on any atom is -0.378 e. The van der Waals surface area contributed by atoms with Gasteiger partial charge in [0, 0.05) is 6.61 Å². The van der Waals surface area contributed by atoms with Gasteiger partial charge in [-0.2, -0.15) is 0 Å². The second-order valence-corrected chi connectivity index (χ2v) is 7.13. The molecule has 2 nitrogen and oxygen atoms in total. The number of hydrogen-bond acceptors (Lipinski definition) is 2. The molecule has 0 saturated heterocycles. The second kappa shape index (κ2) is 4.55. The predicted octanol–water partition coefficient (Wildman–Crippen LogP) is 3.17. The van der Waals surface area contributed by atoms with Crippen molar-refractivity contribution >= 4 is 0 Å². The van der Waals surface area contributed by atoms with Crippen molar-refractivity contribution in [3.05, 3.63) is 0 Å². The molecule has 0 heterocycles. The van der Waals surface area contributed by atoms with Gasteiger partial charge in [0.2, 0.25) is 0 Å². The molecule has 2 aliphatic carbocycles. The molecule has 0 radical (unpaired) electrons. The molecule has 0 amide bonds. The third-order valence-electron chi connectivity index (χ3n) is 5.78. The summed E-state index contributed by atoms with van der Waals surface area (Å²) in [6, 6.07) is 0. The molecule has 2 aliphatic rings. The van der Waals surface area contributed by atoms with Crippen LogP contribution in [0.2, 0.25) is 0 Å². The van der Waals surface area contributed by atoms with E-state index >= 15 is 0 Å². The summed E-state index contributed by atoms with van der Waals surface area (Å²) in [5.74, 6) is 0.895. The zero-order valence-corrected chi connectivity index (χ0v) is 12.3. The first-order valence-electron chi connectivity index (χ1n) is 7.14. The van der Waals surface area contributed by atoms with Gasteiger partial charge in [0.1, 0.15) is 0 Å². The van der Waals surface area contributed by atoms with Crippen molar-refractivity contribution < 1.29 is 4.74 Å². The van der Waals surface area contributed by atoms with E-state index < -0.39 is 0 Å². The Bertz CT molecular complexity index is 274. The van der Waals surface area contributed by atoms with Crippen molar-refractivity contribution in [1.29, 1.82) is 0 Å². The van der Waals surface area contributed by atoms with Crippen molar-refractivity contribution in [2.45, 2.75) is 52.6 Å². The summed E-state index contributed by atoms with van der Waals surface area (Å²) in [7, 11) is 4.25. The Labute approximate surface area is 107 Å². The van der Waals surface area contributed by atoms with Crippen molar-refractivity contribution in [2.24, 2.45) is 16.7 Å². The molecule has 3 atom stereocenters. The summed E-state index contributed by atoms with van der Waals surface area (Å²) < 4.78 is 6.20. The molecule has 100 valence electrons. The van der Waals surface area contributed by atoms with Gasteiger partial charge in [0.25, 0.3) is 0 Å². The fraction of sp³-hybridized carbons (Fsp3) is 1.00. The number of hydrogen-bond donors (Lipinski definition) is 0. The van der Waals surface area contributed by atoms with Crippen LogP contribution in [-0.2, 0) is 4.74 Å².